The molecule has 0 saturated heterocycles. The van der Waals surface area contributed by atoms with Crippen molar-refractivity contribution in [2.75, 3.05) is 13.2 Å². The van der Waals surface area contributed by atoms with Crippen molar-refractivity contribution in [1.82, 2.24) is 0 Å². The first-order valence-electron chi connectivity index (χ1n) is 4.60. The van der Waals surface area contributed by atoms with Crippen molar-refractivity contribution >= 4 is 11.8 Å². The maximum atomic E-state index is 11.5. The molecule has 0 spiro atoms. The van der Waals surface area contributed by atoms with E-state index in [1.807, 2.05) is 0 Å². The van der Waals surface area contributed by atoms with Crippen LogP contribution in [0.3, 0.4) is 0 Å². The van der Waals surface area contributed by atoms with E-state index in [2.05, 4.69) is 0 Å². The van der Waals surface area contributed by atoms with E-state index in [9.17, 15) is 9.59 Å². The Balaban J connectivity index is 2.92. The summed E-state index contributed by atoms with van der Waals surface area (Å²) >= 11 is 0. The predicted molar refractivity (Wildman–Crippen MR) is 54.2 cm³/mol. The highest BCUT2D eigenvalue weighted by Crippen LogP contribution is 2.09. The van der Waals surface area contributed by atoms with Gasteiger partial charge in [-0.15, -0.1) is 0 Å². The summed E-state index contributed by atoms with van der Waals surface area (Å²) in [6.45, 7) is 2.12. The minimum absolute atomic E-state index is 0.0159. The number of carboxylic acids is 1. The number of carboxylic acid groups (broad SMARTS) is 1. The number of aromatic carboxylic acids is 1. The van der Waals surface area contributed by atoms with Crippen LogP contribution in [0.5, 0.6) is 0 Å². The highest BCUT2D eigenvalue weighted by molar-refractivity contribution is 6.06. The first-order valence-corrected chi connectivity index (χ1v) is 4.60. The van der Waals surface area contributed by atoms with Gasteiger partial charge < -0.3 is 9.84 Å². The average molecular weight is 208 g/mol. The summed E-state index contributed by atoms with van der Waals surface area (Å²) < 4.78 is 4.94. The lowest BCUT2D eigenvalue weighted by Crippen LogP contribution is -2.13. The SMILES string of the molecule is CCOCC(=O)c1ccccc1C(=O)O. The van der Waals surface area contributed by atoms with Gasteiger partial charge in [-0.2, -0.15) is 0 Å². The van der Waals surface area contributed by atoms with Gasteiger partial charge in [-0.05, 0) is 13.0 Å². The molecule has 0 unspecified atom stereocenters. The van der Waals surface area contributed by atoms with Gasteiger partial charge in [0.25, 0.3) is 0 Å². The molecule has 0 heterocycles. The molecule has 0 aliphatic heterocycles. The number of hydrogen-bond acceptors (Lipinski definition) is 3. The highest BCUT2D eigenvalue weighted by atomic mass is 16.5. The van der Waals surface area contributed by atoms with E-state index in [0.29, 0.717) is 6.61 Å². The van der Waals surface area contributed by atoms with Crippen molar-refractivity contribution in [3.8, 4) is 0 Å². The van der Waals surface area contributed by atoms with E-state index in [1.165, 1.54) is 12.1 Å². The maximum absolute atomic E-state index is 11.5. The molecule has 0 amide bonds. The second-order valence-electron chi connectivity index (χ2n) is 2.91. The molecule has 15 heavy (non-hydrogen) atoms. The summed E-state index contributed by atoms with van der Waals surface area (Å²) in [6.07, 6.45) is 0. The van der Waals surface area contributed by atoms with Gasteiger partial charge in [-0.3, -0.25) is 4.79 Å². The highest BCUT2D eigenvalue weighted by Gasteiger charge is 2.15. The van der Waals surface area contributed by atoms with Gasteiger partial charge in [0.2, 0.25) is 0 Å². The molecule has 4 nitrogen and oxygen atoms in total. The van der Waals surface area contributed by atoms with Crippen LogP contribution in [-0.2, 0) is 4.74 Å². The van der Waals surface area contributed by atoms with E-state index in [1.54, 1.807) is 19.1 Å². The second-order valence-corrected chi connectivity index (χ2v) is 2.91. The van der Waals surface area contributed by atoms with Crippen molar-refractivity contribution in [2.24, 2.45) is 0 Å². The van der Waals surface area contributed by atoms with Crippen molar-refractivity contribution < 1.29 is 19.4 Å². The third kappa shape index (κ3) is 2.89. The molecule has 1 N–H and O–H groups in total. The lowest BCUT2D eigenvalue weighted by atomic mass is 10.0. The number of hydrogen-bond donors (Lipinski definition) is 1. The molecule has 0 radical (unpaired) electrons. The van der Waals surface area contributed by atoms with Gasteiger partial charge in [-0.25, -0.2) is 4.79 Å². The van der Waals surface area contributed by atoms with Crippen LogP contribution >= 0.6 is 0 Å². The van der Waals surface area contributed by atoms with Gasteiger partial charge in [0.1, 0.15) is 6.61 Å². The van der Waals surface area contributed by atoms with E-state index in [0.717, 1.165) is 0 Å². The number of ether oxygens (including phenoxy) is 1. The quantitative estimate of drug-likeness (QED) is 0.746. The van der Waals surface area contributed by atoms with Gasteiger partial charge in [0.05, 0.1) is 5.56 Å². The number of benzene rings is 1. The largest absolute Gasteiger partial charge is 0.478 e. The fourth-order valence-electron chi connectivity index (χ4n) is 1.19. The van der Waals surface area contributed by atoms with Crippen LogP contribution in [0.1, 0.15) is 27.6 Å². The summed E-state index contributed by atoms with van der Waals surface area (Å²) in [5, 5.41) is 8.85. The summed E-state index contributed by atoms with van der Waals surface area (Å²) in [4.78, 5) is 22.3. The first-order chi connectivity index (χ1) is 7.16. The Hall–Kier alpha value is -1.68. The fourth-order valence-corrected chi connectivity index (χ4v) is 1.19. The monoisotopic (exact) mass is 208 g/mol. The Bertz CT molecular complexity index is 371. The third-order valence-electron chi connectivity index (χ3n) is 1.90. The van der Waals surface area contributed by atoms with E-state index in [4.69, 9.17) is 9.84 Å². The summed E-state index contributed by atoms with van der Waals surface area (Å²) in [6, 6.07) is 6.11. The number of Topliss-reactive ketones (excluding diaryl/α,β-unsaturated/α-hetero) is 1. The molecular formula is C11H12O4. The Morgan fingerprint density at radius 3 is 2.40 bits per heavy atom. The number of ketones is 1. The molecule has 0 aliphatic carbocycles. The summed E-state index contributed by atoms with van der Waals surface area (Å²) in [7, 11) is 0. The second kappa shape index (κ2) is 5.26. The lowest BCUT2D eigenvalue weighted by molar-refractivity contribution is 0.0683. The molecule has 0 saturated carbocycles. The number of carbonyl (C=O) groups is 2. The Morgan fingerprint density at radius 2 is 1.87 bits per heavy atom. The molecule has 0 fully saturated rings. The van der Waals surface area contributed by atoms with Crippen molar-refractivity contribution in [3.63, 3.8) is 0 Å². The third-order valence-corrected chi connectivity index (χ3v) is 1.90. The van der Waals surface area contributed by atoms with Crippen LogP contribution in [0.2, 0.25) is 0 Å². The standard InChI is InChI=1S/C11H12O4/c1-2-15-7-10(12)8-5-3-4-6-9(8)11(13)14/h3-6H,2,7H2,1H3,(H,13,14). The van der Waals surface area contributed by atoms with E-state index in [-0.39, 0.29) is 23.5 Å². The van der Waals surface area contributed by atoms with Crippen LogP contribution in [0.4, 0.5) is 0 Å². The zero-order valence-corrected chi connectivity index (χ0v) is 8.40. The molecule has 1 aromatic rings. The molecule has 1 rings (SSSR count). The number of carbonyl (C=O) groups excluding carboxylic acids is 1. The first kappa shape index (κ1) is 11.4. The van der Waals surface area contributed by atoms with Crippen LogP contribution < -0.4 is 0 Å². The molecule has 0 aromatic heterocycles. The Morgan fingerprint density at radius 1 is 1.27 bits per heavy atom. The van der Waals surface area contributed by atoms with Crippen LogP contribution in [-0.4, -0.2) is 30.1 Å². The average Bonchev–Trinajstić information content (AvgIpc) is 2.25. The number of rotatable bonds is 5. The molecule has 0 bridgehead atoms. The van der Waals surface area contributed by atoms with E-state index >= 15 is 0 Å². The molecule has 0 aliphatic rings. The van der Waals surface area contributed by atoms with Gasteiger partial charge in [0.15, 0.2) is 5.78 Å². The smallest absolute Gasteiger partial charge is 0.336 e. The normalized spacial score (nSPS) is 9.93. The van der Waals surface area contributed by atoms with Crippen LogP contribution in [0.25, 0.3) is 0 Å². The van der Waals surface area contributed by atoms with E-state index < -0.39 is 5.97 Å². The molecule has 4 heteroatoms. The molecule has 0 atom stereocenters. The van der Waals surface area contributed by atoms with Crippen molar-refractivity contribution in [1.29, 1.82) is 0 Å². The van der Waals surface area contributed by atoms with Crippen LogP contribution in [0, 0.1) is 0 Å². The molecule has 1 aromatic carbocycles. The molecule has 80 valence electrons. The zero-order valence-electron chi connectivity index (χ0n) is 8.40. The summed E-state index contributed by atoms with van der Waals surface area (Å²) in [5.41, 5.74) is 0.209. The zero-order chi connectivity index (χ0) is 11.3. The summed E-state index contributed by atoms with van der Waals surface area (Å²) in [5.74, 6) is -1.41. The maximum Gasteiger partial charge on any atom is 0.336 e. The lowest BCUT2D eigenvalue weighted by Gasteiger charge is -2.04. The Labute approximate surface area is 87.5 Å². The van der Waals surface area contributed by atoms with Crippen molar-refractivity contribution in [3.05, 3.63) is 35.4 Å². The minimum Gasteiger partial charge on any atom is -0.478 e. The van der Waals surface area contributed by atoms with Crippen LogP contribution in [0.15, 0.2) is 24.3 Å². The van der Waals surface area contributed by atoms with Gasteiger partial charge in [0, 0.05) is 12.2 Å². The predicted octanol–water partition coefficient (Wildman–Crippen LogP) is 1.60. The Kier molecular flexibility index (Phi) is 4.00. The fraction of sp³-hybridized carbons (Fsp3) is 0.273. The molecular weight excluding hydrogens is 196 g/mol. The van der Waals surface area contributed by atoms with Crippen molar-refractivity contribution in [2.45, 2.75) is 6.92 Å². The minimum atomic E-state index is -1.10. The topological polar surface area (TPSA) is 63.6 Å². The van der Waals surface area contributed by atoms with Gasteiger partial charge >= 0.3 is 5.97 Å². The van der Waals surface area contributed by atoms with Gasteiger partial charge in [-0.1, -0.05) is 18.2 Å².